The summed E-state index contributed by atoms with van der Waals surface area (Å²) in [5, 5.41) is 0. The maximum Gasteiger partial charge on any atom is 0.222 e. The first kappa shape index (κ1) is 13.1. The van der Waals surface area contributed by atoms with Crippen molar-refractivity contribution in [1.29, 1.82) is 0 Å². The molecule has 1 fully saturated rings. The van der Waals surface area contributed by atoms with E-state index in [4.69, 9.17) is 0 Å². The summed E-state index contributed by atoms with van der Waals surface area (Å²) >= 11 is 0. The quantitative estimate of drug-likeness (QED) is 0.794. The molecule has 2 nitrogen and oxygen atoms in total. The van der Waals surface area contributed by atoms with E-state index in [2.05, 4.69) is 42.2 Å². The molecule has 1 saturated heterocycles. The zero-order valence-corrected chi connectivity index (χ0v) is 11.4. The minimum atomic E-state index is 0.312. The topological polar surface area (TPSA) is 20.3 Å². The molecule has 0 aromatic heterocycles. The summed E-state index contributed by atoms with van der Waals surface area (Å²) in [5.74, 6) is 0.802. The highest BCUT2D eigenvalue weighted by Crippen LogP contribution is 2.33. The van der Waals surface area contributed by atoms with Crippen molar-refractivity contribution in [2.75, 3.05) is 6.54 Å². The Morgan fingerprint density at radius 1 is 1.33 bits per heavy atom. The molecular formula is C16H23NO. The molecule has 1 heterocycles. The van der Waals surface area contributed by atoms with E-state index in [0.717, 1.165) is 25.8 Å². The van der Waals surface area contributed by atoms with E-state index >= 15 is 0 Å². The molecule has 0 N–H and O–H groups in total. The van der Waals surface area contributed by atoms with Crippen LogP contribution in [0.2, 0.25) is 0 Å². The first-order valence-electron chi connectivity index (χ1n) is 7.12. The molecule has 2 atom stereocenters. The Morgan fingerprint density at radius 2 is 2.06 bits per heavy atom. The fourth-order valence-corrected chi connectivity index (χ4v) is 3.15. The number of amides is 1. The van der Waals surface area contributed by atoms with Gasteiger partial charge in [-0.05, 0) is 24.8 Å². The predicted molar refractivity (Wildman–Crippen MR) is 74.5 cm³/mol. The van der Waals surface area contributed by atoms with Crippen LogP contribution in [0.15, 0.2) is 30.3 Å². The molecule has 1 aliphatic rings. The van der Waals surface area contributed by atoms with Gasteiger partial charge >= 0.3 is 0 Å². The summed E-state index contributed by atoms with van der Waals surface area (Å²) < 4.78 is 0. The van der Waals surface area contributed by atoms with Crippen LogP contribution in [0, 0.1) is 0 Å². The molecule has 2 rings (SSSR count). The summed E-state index contributed by atoms with van der Waals surface area (Å²) in [6.07, 6.45) is 4.03. The zero-order chi connectivity index (χ0) is 13.0. The molecule has 0 bridgehead atoms. The van der Waals surface area contributed by atoms with Crippen molar-refractivity contribution in [2.45, 2.75) is 51.5 Å². The van der Waals surface area contributed by atoms with Crippen LogP contribution in [0.4, 0.5) is 0 Å². The van der Waals surface area contributed by atoms with E-state index in [1.54, 1.807) is 0 Å². The lowest BCUT2D eigenvalue weighted by atomic mass is 9.87. The Bertz CT molecular complexity index is 387. The van der Waals surface area contributed by atoms with Crippen molar-refractivity contribution >= 4 is 5.91 Å². The van der Waals surface area contributed by atoms with E-state index in [0.29, 0.717) is 24.3 Å². The van der Waals surface area contributed by atoms with Crippen molar-refractivity contribution in [3.8, 4) is 0 Å². The predicted octanol–water partition coefficient (Wildman–Crippen LogP) is 3.58. The molecular weight excluding hydrogens is 222 g/mol. The number of likely N-dealkylation sites (tertiary alicyclic amines) is 1. The average molecular weight is 245 g/mol. The Kier molecular flexibility index (Phi) is 4.40. The summed E-state index contributed by atoms with van der Waals surface area (Å²) in [4.78, 5) is 14.1. The van der Waals surface area contributed by atoms with E-state index in [9.17, 15) is 4.79 Å². The molecule has 1 aliphatic heterocycles. The van der Waals surface area contributed by atoms with Gasteiger partial charge in [0.1, 0.15) is 0 Å². The number of hydrogen-bond donors (Lipinski definition) is 0. The number of benzene rings is 1. The van der Waals surface area contributed by atoms with Crippen molar-refractivity contribution in [2.24, 2.45) is 0 Å². The smallest absolute Gasteiger partial charge is 0.222 e. The third-order valence-electron chi connectivity index (χ3n) is 4.05. The highest BCUT2D eigenvalue weighted by atomic mass is 16.2. The van der Waals surface area contributed by atoms with E-state index in [1.807, 2.05) is 6.92 Å². The highest BCUT2D eigenvalue weighted by molar-refractivity contribution is 5.76. The molecule has 0 spiro atoms. The highest BCUT2D eigenvalue weighted by Gasteiger charge is 2.33. The maximum atomic E-state index is 12.0. The van der Waals surface area contributed by atoms with E-state index < -0.39 is 0 Å². The molecule has 18 heavy (non-hydrogen) atoms. The molecule has 0 saturated carbocycles. The van der Waals surface area contributed by atoms with Gasteiger partial charge in [-0.3, -0.25) is 4.79 Å². The lowest BCUT2D eigenvalue weighted by molar-refractivity contribution is -0.132. The van der Waals surface area contributed by atoms with E-state index in [1.165, 1.54) is 5.56 Å². The van der Waals surface area contributed by atoms with Crippen molar-refractivity contribution in [1.82, 2.24) is 4.90 Å². The van der Waals surface area contributed by atoms with Crippen LogP contribution in [0.1, 0.15) is 51.0 Å². The van der Waals surface area contributed by atoms with Crippen molar-refractivity contribution in [3.05, 3.63) is 35.9 Å². The van der Waals surface area contributed by atoms with Crippen molar-refractivity contribution < 1.29 is 4.79 Å². The van der Waals surface area contributed by atoms with Gasteiger partial charge in [0.25, 0.3) is 0 Å². The second-order valence-corrected chi connectivity index (χ2v) is 5.08. The minimum absolute atomic E-state index is 0.312. The van der Waals surface area contributed by atoms with Gasteiger partial charge in [-0.2, -0.15) is 0 Å². The fourth-order valence-electron chi connectivity index (χ4n) is 3.15. The van der Waals surface area contributed by atoms with Gasteiger partial charge in [-0.15, -0.1) is 0 Å². The van der Waals surface area contributed by atoms with Crippen LogP contribution in [-0.2, 0) is 4.79 Å². The molecule has 1 aromatic carbocycles. The first-order valence-corrected chi connectivity index (χ1v) is 7.12. The molecule has 0 radical (unpaired) electrons. The lowest BCUT2D eigenvalue weighted by Gasteiger charge is -2.31. The number of nitrogens with zero attached hydrogens (tertiary/aromatic N) is 1. The SMILES string of the molecule is CCC(=O)N1CCC[C@H]1[C@@H](CC)c1ccccc1. The van der Waals surface area contributed by atoms with Gasteiger partial charge in [0.2, 0.25) is 5.91 Å². The van der Waals surface area contributed by atoms with Crippen LogP contribution >= 0.6 is 0 Å². The standard InChI is InChI=1S/C16H23NO/c1-3-14(13-9-6-5-7-10-13)15-11-8-12-17(15)16(18)4-2/h5-7,9-10,14-15H,3-4,8,11-12H2,1-2H3/t14-,15-/m0/s1. The fraction of sp³-hybridized carbons (Fsp3) is 0.562. The molecule has 98 valence electrons. The Balaban J connectivity index is 2.19. The third kappa shape index (κ3) is 2.58. The van der Waals surface area contributed by atoms with Crippen LogP contribution in [0.5, 0.6) is 0 Å². The van der Waals surface area contributed by atoms with Gasteiger partial charge in [0.05, 0.1) is 0 Å². The van der Waals surface area contributed by atoms with Crippen LogP contribution in [0.3, 0.4) is 0 Å². The van der Waals surface area contributed by atoms with E-state index in [-0.39, 0.29) is 0 Å². The summed E-state index contributed by atoms with van der Waals surface area (Å²) in [6.45, 7) is 5.13. The average Bonchev–Trinajstić information content (AvgIpc) is 2.89. The normalized spacial score (nSPS) is 21.0. The van der Waals surface area contributed by atoms with Gasteiger partial charge in [-0.25, -0.2) is 0 Å². The Hall–Kier alpha value is -1.31. The molecule has 2 heteroatoms. The number of carbonyl (C=O) groups excluding carboxylic acids is 1. The lowest BCUT2D eigenvalue weighted by Crippen LogP contribution is -2.38. The molecule has 1 aromatic rings. The summed E-state index contributed by atoms with van der Waals surface area (Å²) in [6, 6.07) is 11.0. The maximum absolute atomic E-state index is 12.0. The Labute approximate surface area is 110 Å². The third-order valence-corrected chi connectivity index (χ3v) is 4.05. The van der Waals surface area contributed by atoms with Crippen molar-refractivity contribution in [3.63, 3.8) is 0 Å². The Morgan fingerprint density at radius 3 is 2.67 bits per heavy atom. The van der Waals surface area contributed by atoms with Gasteiger partial charge < -0.3 is 4.90 Å². The van der Waals surface area contributed by atoms with Gasteiger partial charge in [0.15, 0.2) is 0 Å². The zero-order valence-electron chi connectivity index (χ0n) is 11.4. The van der Waals surface area contributed by atoms with Crippen LogP contribution in [0.25, 0.3) is 0 Å². The second kappa shape index (κ2) is 6.03. The number of hydrogen-bond acceptors (Lipinski definition) is 1. The van der Waals surface area contributed by atoms with Gasteiger partial charge in [-0.1, -0.05) is 44.2 Å². The summed E-state index contributed by atoms with van der Waals surface area (Å²) in [7, 11) is 0. The second-order valence-electron chi connectivity index (χ2n) is 5.08. The van der Waals surface area contributed by atoms with Crippen LogP contribution < -0.4 is 0 Å². The molecule has 1 amide bonds. The monoisotopic (exact) mass is 245 g/mol. The number of carbonyl (C=O) groups is 1. The number of rotatable bonds is 4. The molecule has 0 aliphatic carbocycles. The van der Waals surface area contributed by atoms with Crippen LogP contribution in [-0.4, -0.2) is 23.4 Å². The largest absolute Gasteiger partial charge is 0.339 e. The minimum Gasteiger partial charge on any atom is -0.339 e. The summed E-state index contributed by atoms with van der Waals surface area (Å²) in [5.41, 5.74) is 1.38. The molecule has 0 unspecified atom stereocenters. The first-order chi connectivity index (χ1) is 8.77. The van der Waals surface area contributed by atoms with Gasteiger partial charge in [0, 0.05) is 24.9 Å².